The van der Waals surface area contributed by atoms with Gasteiger partial charge in [-0.1, -0.05) is 23.8 Å². The largest absolute Gasteiger partial charge is 0.378 e. The zero-order chi connectivity index (χ0) is 20.0. The van der Waals surface area contributed by atoms with Gasteiger partial charge >= 0.3 is 0 Å². The van der Waals surface area contributed by atoms with Gasteiger partial charge in [0.1, 0.15) is 5.69 Å². The van der Waals surface area contributed by atoms with E-state index in [9.17, 15) is 23.3 Å². The predicted octanol–water partition coefficient (Wildman–Crippen LogP) is 2.12. The molecule has 3 N–H and O–H groups in total. The molecule has 2 aromatic carbocycles. The maximum atomic E-state index is 12.4. The minimum atomic E-state index is -3.53. The summed E-state index contributed by atoms with van der Waals surface area (Å²) in [5.74, 6) is -0.450. The molecule has 27 heavy (non-hydrogen) atoms. The number of aryl methyl sites for hydroxylation is 1. The Hall–Kier alpha value is -3.14. The van der Waals surface area contributed by atoms with Gasteiger partial charge in [-0.05, 0) is 25.1 Å². The van der Waals surface area contributed by atoms with Gasteiger partial charge < -0.3 is 10.6 Å². The van der Waals surface area contributed by atoms with E-state index in [1.54, 1.807) is 37.3 Å². The third-order valence-electron chi connectivity index (χ3n) is 3.54. The van der Waals surface area contributed by atoms with E-state index in [1.807, 2.05) is 0 Å². The molecular formula is C17H20N4O5S. The molecule has 0 aromatic heterocycles. The lowest BCUT2D eigenvalue weighted by Gasteiger charge is -2.12. The second-order valence-corrected chi connectivity index (χ2v) is 7.63. The number of amides is 1. The number of nitrogens with zero attached hydrogens (tertiary/aromatic N) is 1. The molecule has 0 spiro atoms. The van der Waals surface area contributed by atoms with Crippen molar-refractivity contribution in [3.63, 3.8) is 0 Å². The standard InChI is InChI=1S/C17H20N4O5S/c1-12-7-8-14(20-27(2,25)26)13(11-12)17(22)19-10-9-18-15-5-3-4-6-16(15)21(23)24/h3-8,11,18,20H,9-10H2,1-2H3,(H,19,22). The van der Waals surface area contributed by atoms with Crippen molar-refractivity contribution in [2.45, 2.75) is 6.92 Å². The van der Waals surface area contributed by atoms with Crippen LogP contribution in [0.4, 0.5) is 17.1 Å². The first-order chi connectivity index (χ1) is 12.7. The van der Waals surface area contributed by atoms with E-state index in [0.717, 1.165) is 11.8 Å². The topological polar surface area (TPSA) is 130 Å². The zero-order valence-corrected chi connectivity index (χ0v) is 15.7. The minimum Gasteiger partial charge on any atom is -0.378 e. The first-order valence-corrected chi connectivity index (χ1v) is 9.90. The normalized spacial score (nSPS) is 10.9. The molecule has 2 rings (SSSR count). The molecule has 0 aliphatic rings. The number of carbonyl (C=O) groups excluding carboxylic acids is 1. The maximum absolute atomic E-state index is 12.4. The number of benzene rings is 2. The first-order valence-electron chi connectivity index (χ1n) is 8.01. The van der Waals surface area contributed by atoms with Crippen LogP contribution in [0.25, 0.3) is 0 Å². The van der Waals surface area contributed by atoms with Gasteiger partial charge in [0.15, 0.2) is 0 Å². The summed E-state index contributed by atoms with van der Waals surface area (Å²) in [5, 5.41) is 16.5. The van der Waals surface area contributed by atoms with Gasteiger partial charge in [0, 0.05) is 19.2 Å². The molecule has 0 fully saturated rings. The fourth-order valence-corrected chi connectivity index (χ4v) is 2.96. The highest BCUT2D eigenvalue weighted by molar-refractivity contribution is 7.92. The van der Waals surface area contributed by atoms with Gasteiger partial charge in [0.25, 0.3) is 11.6 Å². The first kappa shape index (κ1) is 20.2. The van der Waals surface area contributed by atoms with Crippen LogP contribution in [0.15, 0.2) is 42.5 Å². The molecule has 144 valence electrons. The van der Waals surface area contributed by atoms with Crippen molar-refractivity contribution in [1.82, 2.24) is 5.32 Å². The van der Waals surface area contributed by atoms with Gasteiger partial charge in [-0.3, -0.25) is 19.6 Å². The molecule has 0 saturated carbocycles. The Kier molecular flexibility index (Phi) is 6.35. The summed E-state index contributed by atoms with van der Waals surface area (Å²) >= 11 is 0. The van der Waals surface area contributed by atoms with Crippen molar-refractivity contribution in [2.75, 3.05) is 29.4 Å². The smallest absolute Gasteiger partial charge is 0.292 e. The molecule has 0 bridgehead atoms. The average Bonchev–Trinajstić information content (AvgIpc) is 2.59. The Balaban J connectivity index is 2.01. The Bertz CT molecular complexity index is 960. The predicted molar refractivity (Wildman–Crippen MR) is 104 cm³/mol. The maximum Gasteiger partial charge on any atom is 0.292 e. The molecule has 0 radical (unpaired) electrons. The lowest BCUT2D eigenvalue weighted by molar-refractivity contribution is -0.384. The quantitative estimate of drug-likeness (QED) is 0.358. The highest BCUT2D eigenvalue weighted by Gasteiger charge is 2.15. The van der Waals surface area contributed by atoms with E-state index in [4.69, 9.17) is 0 Å². The summed E-state index contributed by atoms with van der Waals surface area (Å²) in [5.41, 5.74) is 1.49. The van der Waals surface area contributed by atoms with Crippen LogP contribution in [-0.4, -0.2) is 38.6 Å². The summed E-state index contributed by atoms with van der Waals surface area (Å²) in [7, 11) is -3.53. The average molecular weight is 392 g/mol. The molecule has 0 aliphatic carbocycles. The third-order valence-corrected chi connectivity index (χ3v) is 4.13. The Morgan fingerprint density at radius 2 is 1.81 bits per heavy atom. The summed E-state index contributed by atoms with van der Waals surface area (Å²) in [4.78, 5) is 22.9. The van der Waals surface area contributed by atoms with Crippen LogP contribution in [-0.2, 0) is 10.0 Å². The van der Waals surface area contributed by atoms with Crippen molar-refractivity contribution in [3.8, 4) is 0 Å². The second-order valence-electron chi connectivity index (χ2n) is 5.88. The highest BCUT2D eigenvalue weighted by Crippen LogP contribution is 2.22. The zero-order valence-electron chi connectivity index (χ0n) is 14.9. The van der Waals surface area contributed by atoms with Crippen molar-refractivity contribution in [1.29, 1.82) is 0 Å². The third kappa shape index (κ3) is 5.96. The van der Waals surface area contributed by atoms with Crippen molar-refractivity contribution in [2.24, 2.45) is 0 Å². The van der Waals surface area contributed by atoms with Crippen molar-refractivity contribution in [3.05, 3.63) is 63.7 Å². The van der Waals surface area contributed by atoms with Crippen LogP contribution in [0, 0.1) is 17.0 Å². The minimum absolute atomic E-state index is 0.0536. The van der Waals surface area contributed by atoms with Crippen LogP contribution in [0.1, 0.15) is 15.9 Å². The molecule has 0 saturated heterocycles. The van der Waals surface area contributed by atoms with Crippen molar-refractivity contribution < 1.29 is 18.1 Å². The van der Waals surface area contributed by atoms with Crippen LogP contribution in [0.3, 0.4) is 0 Å². The van der Waals surface area contributed by atoms with Gasteiger partial charge in [-0.2, -0.15) is 0 Å². The number of nitro groups is 1. The van der Waals surface area contributed by atoms with Gasteiger partial charge in [0.05, 0.1) is 22.4 Å². The van der Waals surface area contributed by atoms with Crippen LogP contribution < -0.4 is 15.4 Å². The summed E-state index contributed by atoms with van der Waals surface area (Å²) < 4.78 is 25.2. The van der Waals surface area contributed by atoms with Gasteiger partial charge in [0.2, 0.25) is 10.0 Å². The van der Waals surface area contributed by atoms with E-state index in [-0.39, 0.29) is 30.0 Å². The number of anilines is 2. The molecule has 10 heteroatoms. The molecule has 0 atom stereocenters. The SMILES string of the molecule is Cc1ccc(NS(C)(=O)=O)c(C(=O)NCCNc2ccccc2[N+](=O)[O-])c1. The number of hydrogen-bond donors (Lipinski definition) is 3. The second kappa shape index (κ2) is 8.49. The summed E-state index contributed by atoms with van der Waals surface area (Å²) in [6.07, 6.45) is 1.01. The number of sulfonamides is 1. The van der Waals surface area contributed by atoms with Crippen LogP contribution in [0.5, 0.6) is 0 Å². The number of nitrogens with one attached hydrogen (secondary N) is 3. The molecule has 0 heterocycles. The molecule has 0 aliphatic heterocycles. The lowest BCUT2D eigenvalue weighted by atomic mass is 10.1. The number of rotatable bonds is 8. The summed E-state index contributed by atoms with van der Waals surface area (Å²) in [6.45, 7) is 2.24. The molecular weight excluding hydrogens is 372 g/mol. The van der Waals surface area contributed by atoms with Crippen LogP contribution >= 0.6 is 0 Å². The van der Waals surface area contributed by atoms with E-state index < -0.39 is 20.9 Å². The van der Waals surface area contributed by atoms with E-state index >= 15 is 0 Å². The Morgan fingerprint density at radius 3 is 2.48 bits per heavy atom. The summed E-state index contributed by atoms with van der Waals surface area (Å²) in [6, 6.07) is 11.0. The van der Waals surface area contributed by atoms with Crippen LogP contribution in [0.2, 0.25) is 0 Å². The number of carbonyl (C=O) groups is 1. The molecule has 1 amide bonds. The van der Waals surface area contributed by atoms with Crippen molar-refractivity contribution >= 4 is 33.0 Å². The molecule has 0 unspecified atom stereocenters. The Morgan fingerprint density at radius 1 is 1.11 bits per heavy atom. The number of hydrogen-bond acceptors (Lipinski definition) is 6. The van der Waals surface area contributed by atoms with E-state index in [1.165, 1.54) is 12.1 Å². The lowest BCUT2D eigenvalue weighted by Crippen LogP contribution is -2.29. The van der Waals surface area contributed by atoms with E-state index in [2.05, 4.69) is 15.4 Å². The number of para-hydroxylation sites is 2. The molecule has 9 nitrogen and oxygen atoms in total. The van der Waals surface area contributed by atoms with E-state index in [0.29, 0.717) is 5.69 Å². The fourth-order valence-electron chi connectivity index (χ4n) is 2.39. The molecule has 2 aromatic rings. The monoisotopic (exact) mass is 392 g/mol. The fraction of sp³-hybridized carbons (Fsp3) is 0.235. The number of nitro benzene ring substituents is 1. The highest BCUT2D eigenvalue weighted by atomic mass is 32.2. The van der Waals surface area contributed by atoms with Gasteiger partial charge in [-0.25, -0.2) is 8.42 Å². The Labute approximate surface area is 157 Å². The van der Waals surface area contributed by atoms with Gasteiger partial charge in [-0.15, -0.1) is 0 Å².